The van der Waals surface area contributed by atoms with Crippen LogP contribution in [0.4, 0.5) is 5.69 Å². The van der Waals surface area contributed by atoms with Gasteiger partial charge in [0.2, 0.25) is 0 Å². The number of nitrogens with zero attached hydrogens (tertiary/aromatic N) is 2. The summed E-state index contributed by atoms with van der Waals surface area (Å²) in [4.78, 5) is 10.3. The Morgan fingerprint density at radius 3 is 1.57 bits per heavy atom. The van der Waals surface area contributed by atoms with Crippen molar-refractivity contribution in [2.24, 2.45) is 9.98 Å². The van der Waals surface area contributed by atoms with Crippen molar-refractivity contribution in [1.82, 2.24) is 0 Å². The summed E-state index contributed by atoms with van der Waals surface area (Å²) in [5, 5.41) is 0. The Hall–Kier alpha value is -4.78. The fourth-order valence-electron chi connectivity index (χ4n) is 4.31. The molecule has 0 fully saturated rings. The van der Waals surface area contributed by atoms with E-state index in [1.807, 2.05) is 55.5 Å². The summed E-state index contributed by atoms with van der Waals surface area (Å²) >= 11 is 0. The molecule has 5 aromatic rings. The lowest BCUT2D eigenvalue weighted by atomic mass is 9.95. The molecule has 0 aliphatic carbocycles. The van der Waals surface area contributed by atoms with Crippen LogP contribution in [0.25, 0.3) is 5.57 Å². The van der Waals surface area contributed by atoms with Crippen LogP contribution in [0.1, 0.15) is 40.8 Å². The minimum Gasteiger partial charge on any atom is -0.271 e. The highest BCUT2D eigenvalue weighted by molar-refractivity contribution is 6.13. The molecule has 0 amide bonds. The van der Waals surface area contributed by atoms with Crippen LogP contribution in [0.2, 0.25) is 0 Å². The van der Waals surface area contributed by atoms with E-state index < -0.39 is 0 Å². The quantitative estimate of drug-likeness (QED) is 0.210. The second-order valence-electron chi connectivity index (χ2n) is 8.80. The molecule has 0 heterocycles. The third-order valence-corrected chi connectivity index (χ3v) is 6.25. The zero-order valence-corrected chi connectivity index (χ0v) is 20.8. The molecule has 0 N–H and O–H groups in total. The molecular weight excluding hydrogens is 448 g/mol. The summed E-state index contributed by atoms with van der Waals surface area (Å²) in [6.07, 6.45) is 0. The first-order valence-corrected chi connectivity index (χ1v) is 12.5. The van der Waals surface area contributed by atoms with Gasteiger partial charge in [-0.25, -0.2) is 4.99 Å². The zero-order chi connectivity index (χ0) is 25.3. The minimum absolute atomic E-state index is 0.240. The minimum atomic E-state index is -0.240. The van der Waals surface area contributed by atoms with Gasteiger partial charge in [0.05, 0.1) is 11.4 Å². The Bertz CT molecular complexity index is 1490. The second kappa shape index (κ2) is 11.8. The average Bonchev–Trinajstić information content (AvgIpc) is 2.98. The molecule has 0 aromatic heterocycles. The predicted octanol–water partition coefficient (Wildman–Crippen LogP) is 8.72. The molecule has 0 spiro atoms. The van der Waals surface area contributed by atoms with Crippen molar-refractivity contribution in [2.45, 2.75) is 13.0 Å². The van der Waals surface area contributed by atoms with Crippen LogP contribution >= 0.6 is 0 Å². The summed E-state index contributed by atoms with van der Waals surface area (Å²) < 4.78 is 0. The molecule has 0 aliphatic heterocycles. The lowest BCUT2D eigenvalue weighted by Crippen LogP contribution is -2.08. The molecule has 5 aromatic carbocycles. The number of hydrogen-bond donors (Lipinski definition) is 0. The number of para-hydroxylation sites is 1. The maximum Gasteiger partial charge on any atom is 0.103 e. The maximum absolute atomic E-state index is 5.43. The van der Waals surface area contributed by atoms with Crippen LogP contribution in [0, 0.1) is 0 Å². The summed E-state index contributed by atoms with van der Waals surface area (Å²) in [5.41, 5.74) is 8.21. The maximum atomic E-state index is 5.43. The fourth-order valence-corrected chi connectivity index (χ4v) is 4.31. The average molecular weight is 477 g/mol. The Balaban J connectivity index is 1.68. The molecule has 0 saturated heterocycles. The molecule has 0 saturated carbocycles. The smallest absolute Gasteiger partial charge is 0.103 e. The summed E-state index contributed by atoms with van der Waals surface area (Å²) in [5.74, 6) is 3.27. The molecular formula is C35H28N2. The molecule has 2 heteroatoms. The first-order chi connectivity index (χ1) is 18.3. The summed E-state index contributed by atoms with van der Waals surface area (Å²) in [7, 11) is 0. The predicted molar refractivity (Wildman–Crippen MR) is 156 cm³/mol. The molecule has 0 bridgehead atoms. The van der Waals surface area contributed by atoms with Gasteiger partial charge in [0.1, 0.15) is 6.04 Å². The van der Waals surface area contributed by atoms with Crippen LogP contribution in [0.5, 0.6) is 0 Å². The van der Waals surface area contributed by atoms with E-state index in [0.29, 0.717) is 0 Å². The standard InChI is InChI=1S/C35H28N2/c1-27(28-16-6-2-7-17-28)26-36-33-25-15-14-24-32(33)35(31-22-12-5-13-23-31)37-34(29-18-8-3-9-19-29)30-20-10-4-11-21-30/h2-25,35H,1H3/t35-/m0/s1. The first-order valence-electron chi connectivity index (χ1n) is 12.5. The van der Waals surface area contributed by atoms with Gasteiger partial charge in [-0.3, -0.25) is 4.99 Å². The zero-order valence-electron chi connectivity index (χ0n) is 20.8. The molecule has 1 atom stereocenters. The van der Waals surface area contributed by atoms with Crippen LogP contribution in [-0.2, 0) is 0 Å². The molecule has 5 rings (SSSR count). The summed E-state index contributed by atoms with van der Waals surface area (Å²) in [6, 6.07) is 49.4. The molecule has 0 unspecified atom stereocenters. The van der Waals surface area contributed by atoms with Crippen molar-refractivity contribution in [3.63, 3.8) is 0 Å². The fraction of sp³-hybridized carbons (Fsp3) is 0.0571. The SMILES string of the molecule is CC(=C=Nc1ccccc1[C@@H](N=C(c1ccccc1)c1ccccc1)c1ccccc1)c1ccccc1. The van der Waals surface area contributed by atoms with Crippen molar-refractivity contribution in [3.05, 3.63) is 173 Å². The van der Waals surface area contributed by atoms with Gasteiger partial charge in [0.25, 0.3) is 0 Å². The number of hydrogen-bond acceptors (Lipinski definition) is 2. The molecule has 2 nitrogen and oxygen atoms in total. The van der Waals surface area contributed by atoms with Gasteiger partial charge in [0, 0.05) is 22.3 Å². The lowest BCUT2D eigenvalue weighted by Gasteiger charge is -2.18. The molecule has 0 radical (unpaired) electrons. The number of allylic oxidation sites excluding steroid dienone is 1. The van der Waals surface area contributed by atoms with Crippen molar-refractivity contribution >= 4 is 22.8 Å². The largest absolute Gasteiger partial charge is 0.271 e. The molecule has 178 valence electrons. The Labute approximate surface area is 219 Å². The monoisotopic (exact) mass is 476 g/mol. The van der Waals surface area contributed by atoms with Gasteiger partial charge in [0.15, 0.2) is 0 Å². The number of rotatable bonds is 7. The van der Waals surface area contributed by atoms with Gasteiger partial charge < -0.3 is 0 Å². The highest BCUT2D eigenvalue weighted by Crippen LogP contribution is 2.34. The number of aliphatic imine (C=N–C) groups is 2. The third kappa shape index (κ3) is 5.90. The molecule has 0 aliphatic rings. The van der Waals surface area contributed by atoms with E-state index in [0.717, 1.165) is 44.8 Å². The van der Waals surface area contributed by atoms with E-state index in [2.05, 4.69) is 103 Å². The van der Waals surface area contributed by atoms with Crippen molar-refractivity contribution in [1.29, 1.82) is 0 Å². The van der Waals surface area contributed by atoms with Crippen LogP contribution in [0.3, 0.4) is 0 Å². The van der Waals surface area contributed by atoms with Crippen LogP contribution in [0.15, 0.2) is 156 Å². The van der Waals surface area contributed by atoms with Gasteiger partial charge >= 0.3 is 0 Å². The van der Waals surface area contributed by atoms with E-state index in [1.54, 1.807) is 0 Å². The highest BCUT2D eigenvalue weighted by atomic mass is 14.8. The van der Waals surface area contributed by atoms with Crippen LogP contribution in [-0.4, -0.2) is 11.6 Å². The second-order valence-corrected chi connectivity index (χ2v) is 8.80. The van der Waals surface area contributed by atoms with E-state index in [-0.39, 0.29) is 6.04 Å². The van der Waals surface area contributed by atoms with Gasteiger partial charge in [-0.15, -0.1) is 0 Å². The van der Waals surface area contributed by atoms with E-state index >= 15 is 0 Å². The normalized spacial score (nSPS) is 11.2. The van der Waals surface area contributed by atoms with E-state index in [4.69, 9.17) is 9.98 Å². The third-order valence-electron chi connectivity index (χ3n) is 6.25. The molecule has 37 heavy (non-hydrogen) atoms. The summed E-state index contributed by atoms with van der Waals surface area (Å²) in [6.45, 7) is 2.04. The Morgan fingerprint density at radius 1 is 0.541 bits per heavy atom. The Morgan fingerprint density at radius 2 is 1.00 bits per heavy atom. The topological polar surface area (TPSA) is 24.7 Å². The van der Waals surface area contributed by atoms with E-state index in [9.17, 15) is 0 Å². The first kappa shape index (κ1) is 23.9. The van der Waals surface area contributed by atoms with E-state index in [1.165, 1.54) is 0 Å². The Kier molecular flexibility index (Phi) is 7.61. The van der Waals surface area contributed by atoms with Crippen molar-refractivity contribution < 1.29 is 0 Å². The number of benzene rings is 5. The van der Waals surface area contributed by atoms with Crippen molar-refractivity contribution in [2.75, 3.05) is 0 Å². The van der Waals surface area contributed by atoms with Crippen molar-refractivity contribution in [3.8, 4) is 0 Å². The lowest BCUT2D eigenvalue weighted by molar-refractivity contribution is 0.873. The van der Waals surface area contributed by atoms with Gasteiger partial charge in [-0.05, 0) is 30.0 Å². The van der Waals surface area contributed by atoms with Gasteiger partial charge in [-0.1, -0.05) is 140 Å². The van der Waals surface area contributed by atoms with Gasteiger partial charge in [-0.2, -0.15) is 0 Å². The van der Waals surface area contributed by atoms with Crippen LogP contribution < -0.4 is 0 Å². The highest BCUT2D eigenvalue weighted by Gasteiger charge is 2.19.